The predicted octanol–water partition coefficient (Wildman–Crippen LogP) is 5.49. The summed E-state index contributed by atoms with van der Waals surface area (Å²) in [5.74, 6) is -0.0837. The van der Waals surface area contributed by atoms with Gasteiger partial charge in [-0.25, -0.2) is 4.79 Å². The fourth-order valence-electron chi connectivity index (χ4n) is 2.88. The number of esters is 2. The molecule has 0 aromatic carbocycles. The minimum Gasteiger partial charge on any atom is -0.425 e. The van der Waals surface area contributed by atoms with E-state index in [0.29, 0.717) is 24.5 Å². The summed E-state index contributed by atoms with van der Waals surface area (Å²) in [7, 11) is 3.85. The van der Waals surface area contributed by atoms with Gasteiger partial charge in [0.25, 0.3) is 0 Å². The molecule has 0 spiro atoms. The van der Waals surface area contributed by atoms with Gasteiger partial charge in [-0.3, -0.25) is 9.59 Å². The van der Waals surface area contributed by atoms with Crippen molar-refractivity contribution < 1.29 is 28.6 Å². The second-order valence-corrected chi connectivity index (χ2v) is 9.48. The molecule has 1 heterocycles. The third-order valence-electron chi connectivity index (χ3n) is 4.24. The molecule has 0 bridgehead atoms. The molecule has 1 aliphatic heterocycles. The first-order chi connectivity index (χ1) is 13.0. The van der Waals surface area contributed by atoms with Gasteiger partial charge >= 0.3 is 18.1 Å². The first-order valence-electron chi connectivity index (χ1n) is 9.86. The van der Waals surface area contributed by atoms with Crippen molar-refractivity contribution in [3.63, 3.8) is 0 Å². The number of ether oxygens (including phenoxy) is 3. The summed E-state index contributed by atoms with van der Waals surface area (Å²) in [6.45, 7) is 5.38. The number of unbranched alkanes of at least 4 members (excludes halogenated alkanes) is 1. The normalized spacial score (nSPS) is 17.6. The maximum Gasteiger partial charge on any atom is 0.519 e. The minimum absolute atomic E-state index is 0.293. The van der Waals surface area contributed by atoms with E-state index in [1.165, 1.54) is 19.1 Å². The van der Waals surface area contributed by atoms with Crippen LogP contribution in [0.1, 0.15) is 78.6 Å². The summed E-state index contributed by atoms with van der Waals surface area (Å²) in [4.78, 5) is 35.5. The lowest BCUT2D eigenvalue weighted by Gasteiger charge is -2.16. The van der Waals surface area contributed by atoms with E-state index in [1.54, 1.807) is 0 Å². The van der Waals surface area contributed by atoms with Crippen LogP contribution in [-0.2, 0) is 23.8 Å². The highest BCUT2D eigenvalue weighted by Crippen LogP contribution is 2.39. The second-order valence-electron chi connectivity index (χ2n) is 6.70. The van der Waals surface area contributed by atoms with E-state index in [4.69, 9.17) is 14.2 Å². The highest BCUT2D eigenvalue weighted by atomic mass is 33.1. The van der Waals surface area contributed by atoms with Gasteiger partial charge in [0.05, 0.1) is 5.92 Å². The molecule has 2 atom stereocenters. The lowest BCUT2D eigenvalue weighted by atomic mass is 9.99. The number of hydrogen-bond donors (Lipinski definition) is 0. The molecular formula is C19H32O6S2. The van der Waals surface area contributed by atoms with Crippen LogP contribution in [0.4, 0.5) is 4.79 Å². The van der Waals surface area contributed by atoms with Gasteiger partial charge in [0.1, 0.15) is 0 Å². The SMILES string of the molecule is CCCC(CCC)C(=O)OC(=O)OC(C)OC(=O)CCCC[C@H]1CCSS1. The van der Waals surface area contributed by atoms with Gasteiger partial charge in [-0.05, 0) is 32.1 Å². The molecule has 8 heteroatoms. The molecule has 0 radical (unpaired) electrons. The van der Waals surface area contributed by atoms with E-state index < -0.39 is 24.4 Å². The van der Waals surface area contributed by atoms with Crippen LogP contribution in [0, 0.1) is 5.92 Å². The van der Waals surface area contributed by atoms with Gasteiger partial charge in [-0.2, -0.15) is 0 Å². The summed E-state index contributed by atoms with van der Waals surface area (Å²) in [5.41, 5.74) is 0. The average Bonchev–Trinajstić information content (AvgIpc) is 3.11. The Morgan fingerprint density at radius 1 is 1.07 bits per heavy atom. The van der Waals surface area contributed by atoms with Gasteiger partial charge in [0, 0.05) is 24.3 Å². The summed E-state index contributed by atoms with van der Waals surface area (Å²) in [6, 6.07) is 0. The van der Waals surface area contributed by atoms with Crippen LogP contribution in [0.5, 0.6) is 0 Å². The Kier molecular flexibility index (Phi) is 12.7. The van der Waals surface area contributed by atoms with Crippen LogP contribution in [0.2, 0.25) is 0 Å². The van der Waals surface area contributed by atoms with Crippen molar-refractivity contribution in [2.24, 2.45) is 5.92 Å². The van der Waals surface area contributed by atoms with Crippen molar-refractivity contribution >= 4 is 39.7 Å². The summed E-state index contributed by atoms with van der Waals surface area (Å²) < 4.78 is 14.6. The van der Waals surface area contributed by atoms with Crippen LogP contribution in [0.25, 0.3) is 0 Å². The molecule has 1 rings (SSSR count). The van der Waals surface area contributed by atoms with Gasteiger partial charge in [0.2, 0.25) is 6.29 Å². The fraction of sp³-hybridized carbons (Fsp3) is 0.842. The van der Waals surface area contributed by atoms with Crippen molar-refractivity contribution in [3.8, 4) is 0 Å². The van der Waals surface area contributed by atoms with Crippen molar-refractivity contribution in [1.29, 1.82) is 0 Å². The van der Waals surface area contributed by atoms with Crippen molar-refractivity contribution in [2.75, 3.05) is 5.75 Å². The van der Waals surface area contributed by atoms with Gasteiger partial charge < -0.3 is 14.2 Å². The minimum atomic E-state index is -1.12. The summed E-state index contributed by atoms with van der Waals surface area (Å²) in [6.07, 6.45) is 5.20. The molecule has 1 unspecified atom stereocenters. The molecule has 0 N–H and O–H groups in total. The number of hydrogen-bond acceptors (Lipinski definition) is 8. The van der Waals surface area contributed by atoms with Crippen LogP contribution in [0.15, 0.2) is 0 Å². The molecule has 1 aliphatic rings. The predicted molar refractivity (Wildman–Crippen MR) is 108 cm³/mol. The lowest BCUT2D eigenvalue weighted by Crippen LogP contribution is -2.26. The Hall–Kier alpha value is -0.890. The fourth-order valence-corrected chi connectivity index (χ4v) is 5.90. The third kappa shape index (κ3) is 10.9. The Morgan fingerprint density at radius 2 is 1.78 bits per heavy atom. The lowest BCUT2D eigenvalue weighted by molar-refractivity contribution is -0.170. The molecule has 0 aromatic heterocycles. The zero-order valence-corrected chi connectivity index (χ0v) is 18.2. The molecule has 1 fully saturated rings. The van der Waals surface area contributed by atoms with E-state index >= 15 is 0 Å². The average molecular weight is 421 g/mol. The smallest absolute Gasteiger partial charge is 0.425 e. The number of carbonyl (C=O) groups excluding carboxylic acids is 3. The molecule has 27 heavy (non-hydrogen) atoms. The Balaban J connectivity index is 2.19. The van der Waals surface area contributed by atoms with E-state index in [1.807, 2.05) is 35.4 Å². The Labute approximate surface area is 170 Å². The highest BCUT2D eigenvalue weighted by molar-refractivity contribution is 8.77. The molecule has 1 saturated heterocycles. The number of rotatable bonds is 12. The summed E-state index contributed by atoms with van der Waals surface area (Å²) in [5, 5.41) is 0.699. The van der Waals surface area contributed by atoms with Crippen LogP contribution < -0.4 is 0 Å². The zero-order chi connectivity index (χ0) is 20.1. The van der Waals surface area contributed by atoms with E-state index in [-0.39, 0.29) is 5.92 Å². The molecule has 0 aliphatic carbocycles. The molecule has 0 amide bonds. The molecule has 6 nitrogen and oxygen atoms in total. The standard InChI is InChI=1S/C19H32O6S2/c1-4-8-15(9-5-2)18(21)25-19(22)24-14(3)23-17(20)11-7-6-10-16-12-13-26-27-16/h14-16H,4-13H2,1-3H3/t14?,16-/m0/s1. The molecule has 156 valence electrons. The number of carbonyl (C=O) groups is 3. The van der Waals surface area contributed by atoms with Crippen molar-refractivity contribution in [3.05, 3.63) is 0 Å². The molecule has 0 aromatic rings. The van der Waals surface area contributed by atoms with E-state index in [2.05, 4.69) is 0 Å². The maximum atomic E-state index is 12.0. The first-order valence-corrected chi connectivity index (χ1v) is 12.2. The van der Waals surface area contributed by atoms with Crippen LogP contribution >= 0.6 is 21.6 Å². The van der Waals surface area contributed by atoms with Crippen LogP contribution in [0.3, 0.4) is 0 Å². The highest BCUT2D eigenvalue weighted by Gasteiger charge is 2.24. The van der Waals surface area contributed by atoms with Gasteiger partial charge in [0.15, 0.2) is 0 Å². The Morgan fingerprint density at radius 3 is 2.37 bits per heavy atom. The second kappa shape index (κ2) is 14.2. The maximum absolute atomic E-state index is 12.0. The zero-order valence-electron chi connectivity index (χ0n) is 16.6. The molecule has 0 saturated carbocycles. The van der Waals surface area contributed by atoms with Crippen LogP contribution in [-0.4, -0.2) is 35.4 Å². The summed E-state index contributed by atoms with van der Waals surface area (Å²) >= 11 is 0. The quantitative estimate of drug-likeness (QED) is 0.135. The van der Waals surface area contributed by atoms with Crippen molar-refractivity contribution in [2.45, 2.75) is 90.1 Å². The topological polar surface area (TPSA) is 78.9 Å². The molecular weight excluding hydrogens is 388 g/mol. The van der Waals surface area contributed by atoms with Gasteiger partial charge in [-0.15, -0.1) is 0 Å². The first kappa shape index (κ1) is 24.1. The largest absolute Gasteiger partial charge is 0.519 e. The third-order valence-corrected chi connectivity index (χ3v) is 7.24. The van der Waals surface area contributed by atoms with E-state index in [9.17, 15) is 14.4 Å². The Bertz CT molecular complexity index is 459. The van der Waals surface area contributed by atoms with E-state index in [0.717, 1.165) is 32.1 Å². The van der Waals surface area contributed by atoms with Crippen molar-refractivity contribution in [1.82, 2.24) is 0 Å². The monoisotopic (exact) mass is 420 g/mol. The van der Waals surface area contributed by atoms with Gasteiger partial charge in [-0.1, -0.05) is 54.7 Å².